The summed E-state index contributed by atoms with van der Waals surface area (Å²) >= 11 is 0. The number of nitrogens with zero attached hydrogens (tertiary/aromatic N) is 2. The van der Waals surface area contributed by atoms with Crippen LogP contribution in [0.15, 0.2) is 0 Å². The van der Waals surface area contributed by atoms with Crippen LogP contribution in [0.5, 0.6) is 0 Å². The molecule has 1 aliphatic rings. The SMILES string of the molecule is CCc1[nH]nc(C(=O)NCC2CCN(CC)C2)c1N. The highest BCUT2D eigenvalue weighted by atomic mass is 16.1. The van der Waals surface area contributed by atoms with Gasteiger partial charge in [0.15, 0.2) is 5.69 Å². The smallest absolute Gasteiger partial charge is 0.273 e. The number of nitrogens with two attached hydrogens (primary N) is 1. The topological polar surface area (TPSA) is 87.0 Å². The van der Waals surface area contributed by atoms with Gasteiger partial charge in [-0.05, 0) is 31.8 Å². The number of H-pyrrole nitrogens is 1. The number of amides is 1. The molecule has 6 nitrogen and oxygen atoms in total. The summed E-state index contributed by atoms with van der Waals surface area (Å²) in [5.74, 6) is 0.359. The summed E-state index contributed by atoms with van der Waals surface area (Å²) in [5.41, 5.74) is 7.50. The van der Waals surface area contributed by atoms with Gasteiger partial charge in [-0.2, -0.15) is 5.10 Å². The van der Waals surface area contributed by atoms with Gasteiger partial charge in [0.2, 0.25) is 0 Å². The highest BCUT2D eigenvalue weighted by molar-refractivity contribution is 5.97. The number of aromatic nitrogens is 2. The third kappa shape index (κ3) is 3.07. The minimum Gasteiger partial charge on any atom is -0.395 e. The van der Waals surface area contributed by atoms with Gasteiger partial charge >= 0.3 is 0 Å². The Labute approximate surface area is 113 Å². The van der Waals surface area contributed by atoms with Crippen molar-refractivity contribution in [2.24, 2.45) is 5.92 Å². The van der Waals surface area contributed by atoms with Crippen LogP contribution in [-0.2, 0) is 6.42 Å². The molecule has 0 spiro atoms. The van der Waals surface area contributed by atoms with Crippen LogP contribution in [0.2, 0.25) is 0 Å². The van der Waals surface area contributed by atoms with Crippen LogP contribution < -0.4 is 11.1 Å². The maximum Gasteiger partial charge on any atom is 0.273 e. The Morgan fingerprint density at radius 1 is 1.58 bits per heavy atom. The van der Waals surface area contributed by atoms with Crippen LogP contribution in [0.4, 0.5) is 5.69 Å². The van der Waals surface area contributed by atoms with E-state index in [1.54, 1.807) is 0 Å². The van der Waals surface area contributed by atoms with Crippen molar-refractivity contribution in [3.05, 3.63) is 11.4 Å². The Morgan fingerprint density at radius 2 is 2.37 bits per heavy atom. The average molecular weight is 265 g/mol. The van der Waals surface area contributed by atoms with Crippen LogP contribution >= 0.6 is 0 Å². The second-order valence-corrected chi connectivity index (χ2v) is 5.08. The molecule has 0 aliphatic carbocycles. The number of carbonyl (C=O) groups excluding carboxylic acids is 1. The summed E-state index contributed by atoms with van der Waals surface area (Å²) in [6, 6.07) is 0. The minimum absolute atomic E-state index is 0.177. The molecule has 2 heterocycles. The third-order valence-electron chi connectivity index (χ3n) is 3.82. The van der Waals surface area contributed by atoms with Crippen molar-refractivity contribution in [3.8, 4) is 0 Å². The van der Waals surface area contributed by atoms with Gasteiger partial charge in [0, 0.05) is 13.1 Å². The zero-order chi connectivity index (χ0) is 13.8. The van der Waals surface area contributed by atoms with Gasteiger partial charge in [-0.25, -0.2) is 0 Å². The lowest BCUT2D eigenvalue weighted by Crippen LogP contribution is -2.31. The maximum atomic E-state index is 12.0. The van der Waals surface area contributed by atoms with E-state index in [9.17, 15) is 4.79 Å². The van der Waals surface area contributed by atoms with Gasteiger partial charge in [-0.15, -0.1) is 0 Å². The number of anilines is 1. The van der Waals surface area contributed by atoms with E-state index in [0.717, 1.165) is 38.2 Å². The largest absolute Gasteiger partial charge is 0.395 e. The highest BCUT2D eigenvalue weighted by Crippen LogP contribution is 2.16. The third-order valence-corrected chi connectivity index (χ3v) is 3.82. The molecule has 1 aromatic rings. The number of carbonyl (C=O) groups is 1. The fraction of sp³-hybridized carbons (Fsp3) is 0.692. The van der Waals surface area contributed by atoms with Crippen molar-refractivity contribution in [3.63, 3.8) is 0 Å². The average Bonchev–Trinajstić information content (AvgIpc) is 3.02. The minimum atomic E-state index is -0.177. The molecule has 0 aromatic carbocycles. The first kappa shape index (κ1) is 13.9. The molecule has 1 atom stereocenters. The quantitative estimate of drug-likeness (QED) is 0.728. The number of likely N-dealkylation sites (tertiary alicyclic amines) is 1. The molecule has 1 aromatic heterocycles. The van der Waals surface area contributed by atoms with E-state index in [1.165, 1.54) is 0 Å². The highest BCUT2D eigenvalue weighted by Gasteiger charge is 2.23. The zero-order valence-corrected chi connectivity index (χ0v) is 11.7. The molecular formula is C13H23N5O. The van der Waals surface area contributed by atoms with Gasteiger partial charge < -0.3 is 16.0 Å². The van der Waals surface area contributed by atoms with Crippen molar-refractivity contribution in [2.75, 3.05) is 31.9 Å². The zero-order valence-electron chi connectivity index (χ0n) is 11.7. The van der Waals surface area contributed by atoms with Crippen LogP contribution in [0, 0.1) is 5.92 Å². The predicted molar refractivity (Wildman–Crippen MR) is 74.9 cm³/mol. The number of aromatic amines is 1. The lowest BCUT2D eigenvalue weighted by atomic mass is 10.1. The Balaban J connectivity index is 1.86. The molecule has 19 heavy (non-hydrogen) atoms. The molecule has 0 radical (unpaired) electrons. The number of nitrogen functional groups attached to an aromatic ring is 1. The van der Waals surface area contributed by atoms with Crippen molar-refractivity contribution in [1.82, 2.24) is 20.4 Å². The second kappa shape index (κ2) is 6.06. The van der Waals surface area contributed by atoms with E-state index in [2.05, 4.69) is 27.3 Å². The number of aryl methyl sites for hydroxylation is 1. The van der Waals surface area contributed by atoms with Gasteiger partial charge in [-0.3, -0.25) is 9.89 Å². The van der Waals surface area contributed by atoms with E-state index in [0.29, 0.717) is 23.8 Å². The molecule has 6 heteroatoms. The first-order valence-electron chi connectivity index (χ1n) is 6.98. The standard InChI is InChI=1S/C13H23N5O/c1-3-10-11(14)12(17-16-10)13(19)15-7-9-5-6-18(4-2)8-9/h9H,3-8,14H2,1-2H3,(H,15,19)(H,16,17). The molecule has 0 bridgehead atoms. The molecule has 0 saturated carbocycles. The maximum absolute atomic E-state index is 12.0. The summed E-state index contributed by atoms with van der Waals surface area (Å²) in [4.78, 5) is 14.4. The molecular weight excluding hydrogens is 242 g/mol. The van der Waals surface area contributed by atoms with E-state index in [1.807, 2.05) is 6.92 Å². The van der Waals surface area contributed by atoms with Crippen molar-refractivity contribution >= 4 is 11.6 Å². The predicted octanol–water partition coefficient (Wildman–Crippen LogP) is 0.626. The molecule has 1 fully saturated rings. The van der Waals surface area contributed by atoms with Gasteiger partial charge in [0.1, 0.15) is 0 Å². The number of rotatable bonds is 5. The van der Waals surface area contributed by atoms with Gasteiger partial charge in [-0.1, -0.05) is 13.8 Å². The van der Waals surface area contributed by atoms with Crippen LogP contribution in [0.1, 0.15) is 36.5 Å². The van der Waals surface area contributed by atoms with E-state index in [4.69, 9.17) is 5.73 Å². The Kier molecular flexibility index (Phi) is 4.42. The van der Waals surface area contributed by atoms with E-state index < -0.39 is 0 Å². The number of nitrogens with one attached hydrogen (secondary N) is 2. The molecule has 1 unspecified atom stereocenters. The van der Waals surface area contributed by atoms with Crippen molar-refractivity contribution < 1.29 is 4.79 Å². The summed E-state index contributed by atoms with van der Waals surface area (Å²) in [6.45, 7) is 8.11. The lowest BCUT2D eigenvalue weighted by molar-refractivity contribution is 0.0943. The van der Waals surface area contributed by atoms with Crippen LogP contribution in [0.3, 0.4) is 0 Å². The fourth-order valence-electron chi connectivity index (χ4n) is 2.52. The second-order valence-electron chi connectivity index (χ2n) is 5.08. The normalized spacial score (nSPS) is 19.8. The lowest BCUT2D eigenvalue weighted by Gasteiger charge is -2.13. The molecule has 106 valence electrons. The molecule has 4 N–H and O–H groups in total. The fourth-order valence-corrected chi connectivity index (χ4v) is 2.52. The Hall–Kier alpha value is -1.56. The first-order chi connectivity index (χ1) is 9.15. The molecule has 1 saturated heterocycles. The number of hydrogen-bond donors (Lipinski definition) is 3. The summed E-state index contributed by atoms with van der Waals surface area (Å²) in [7, 11) is 0. The van der Waals surface area contributed by atoms with Gasteiger partial charge in [0.05, 0.1) is 11.4 Å². The van der Waals surface area contributed by atoms with Crippen LogP contribution in [-0.4, -0.2) is 47.2 Å². The summed E-state index contributed by atoms with van der Waals surface area (Å²) in [6.07, 6.45) is 1.89. The van der Waals surface area contributed by atoms with Crippen molar-refractivity contribution in [2.45, 2.75) is 26.7 Å². The Bertz CT molecular complexity index is 442. The van der Waals surface area contributed by atoms with Gasteiger partial charge in [0.25, 0.3) is 5.91 Å². The van der Waals surface area contributed by atoms with Crippen LogP contribution in [0.25, 0.3) is 0 Å². The Morgan fingerprint density at radius 3 is 2.95 bits per heavy atom. The monoisotopic (exact) mass is 265 g/mol. The van der Waals surface area contributed by atoms with E-state index in [-0.39, 0.29) is 5.91 Å². The molecule has 1 aliphatic heterocycles. The number of hydrogen-bond acceptors (Lipinski definition) is 4. The summed E-state index contributed by atoms with van der Waals surface area (Å²) < 4.78 is 0. The van der Waals surface area contributed by atoms with Crippen molar-refractivity contribution in [1.29, 1.82) is 0 Å². The summed E-state index contributed by atoms with van der Waals surface area (Å²) in [5, 5.41) is 9.73. The van der Waals surface area contributed by atoms with E-state index >= 15 is 0 Å². The molecule has 1 amide bonds. The first-order valence-corrected chi connectivity index (χ1v) is 6.98. The molecule has 2 rings (SSSR count).